The molecule has 0 rings (SSSR count). The molecule has 282 valence electrons. The molecule has 0 saturated carbocycles. The minimum atomic E-state index is -4.34. The maximum absolute atomic E-state index is 12.5. The Morgan fingerprint density at radius 2 is 0.938 bits per heavy atom. The van der Waals surface area contributed by atoms with Crippen LogP contribution in [-0.4, -0.2) is 41.9 Å². The fraction of sp³-hybridized carbons (Fsp3) is 0.829. The summed E-state index contributed by atoms with van der Waals surface area (Å²) in [6, 6.07) is -1.06. The SMILES string of the molecule is CCCCCC/C=C\C/C=C\CCCCCCCCCC(=O)NC(CS(=O)(=O)O)C(O)/C=C/CCCCCCCCCCCCCCC. The van der Waals surface area contributed by atoms with Crippen LogP contribution in [-0.2, 0) is 14.9 Å². The zero-order valence-corrected chi connectivity index (χ0v) is 32.2. The van der Waals surface area contributed by atoms with Crippen molar-refractivity contribution in [1.82, 2.24) is 5.32 Å². The third-order valence-corrected chi connectivity index (χ3v) is 9.84. The van der Waals surface area contributed by atoms with Crippen LogP contribution in [0.5, 0.6) is 0 Å². The van der Waals surface area contributed by atoms with Gasteiger partial charge in [-0.3, -0.25) is 9.35 Å². The summed E-state index contributed by atoms with van der Waals surface area (Å²) in [6.45, 7) is 4.50. The first-order valence-electron chi connectivity index (χ1n) is 20.2. The Bertz CT molecular complexity index is 899. The molecule has 0 saturated heterocycles. The van der Waals surface area contributed by atoms with Crippen LogP contribution in [0.2, 0.25) is 0 Å². The summed E-state index contributed by atoms with van der Waals surface area (Å²) in [5, 5.41) is 13.2. The molecule has 0 aliphatic carbocycles. The van der Waals surface area contributed by atoms with Gasteiger partial charge in [0.15, 0.2) is 0 Å². The van der Waals surface area contributed by atoms with Crippen molar-refractivity contribution in [2.75, 3.05) is 5.75 Å². The summed E-state index contributed by atoms with van der Waals surface area (Å²) in [4.78, 5) is 12.5. The van der Waals surface area contributed by atoms with E-state index in [1.54, 1.807) is 6.08 Å². The van der Waals surface area contributed by atoms with E-state index in [2.05, 4.69) is 43.5 Å². The summed E-state index contributed by atoms with van der Waals surface area (Å²) in [7, 11) is -4.34. The molecular weight excluding hydrogens is 619 g/mol. The molecule has 0 aromatic carbocycles. The van der Waals surface area contributed by atoms with Gasteiger partial charge in [-0.15, -0.1) is 0 Å². The molecule has 2 atom stereocenters. The Kier molecular flexibility index (Phi) is 34.3. The molecule has 0 spiro atoms. The van der Waals surface area contributed by atoms with Gasteiger partial charge in [0.2, 0.25) is 5.91 Å². The molecular formula is C41H77NO5S. The number of unbranched alkanes of at least 4 members (excludes halogenated alkanes) is 24. The minimum Gasteiger partial charge on any atom is -0.387 e. The molecule has 2 unspecified atom stereocenters. The van der Waals surface area contributed by atoms with Crippen molar-refractivity contribution in [1.29, 1.82) is 0 Å². The number of aliphatic hydroxyl groups excluding tert-OH is 1. The topological polar surface area (TPSA) is 104 Å². The quantitative estimate of drug-likeness (QED) is 0.0344. The Morgan fingerprint density at radius 3 is 1.38 bits per heavy atom. The lowest BCUT2D eigenvalue weighted by molar-refractivity contribution is -0.122. The van der Waals surface area contributed by atoms with E-state index in [-0.39, 0.29) is 12.3 Å². The molecule has 0 bridgehead atoms. The fourth-order valence-corrected chi connectivity index (χ4v) is 6.74. The van der Waals surface area contributed by atoms with Crippen molar-refractivity contribution in [3.8, 4) is 0 Å². The lowest BCUT2D eigenvalue weighted by Crippen LogP contribution is -2.46. The Balaban J connectivity index is 3.95. The van der Waals surface area contributed by atoms with Gasteiger partial charge in [0, 0.05) is 6.42 Å². The largest absolute Gasteiger partial charge is 0.387 e. The number of hydrogen-bond acceptors (Lipinski definition) is 4. The highest BCUT2D eigenvalue weighted by Gasteiger charge is 2.24. The van der Waals surface area contributed by atoms with Crippen LogP contribution in [0.15, 0.2) is 36.5 Å². The van der Waals surface area contributed by atoms with Crippen molar-refractivity contribution in [3.63, 3.8) is 0 Å². The predicted molar refractivity (Wildman–Crippen MR) is 207 cm³/mol. The summed E-state index contributed by atoms with van der Waals surface area (Å²) in [5.74, 6) is -0.987. The first kappa shape index (κ1) is 46.6. The number of carbonyl (C=O) groups is 1. The highest BCUT2D eigenvalue weighted by Crippen LogP contribution is 2.14. The van der Waals surface area contributed by atoms with Crippen molar-refractivity contribution >= 4 is 16.0 Å². The number of nitrogens with one attached hydrogen (secondary N) is 1. The monoisotopic (exact) mass is 696 g/mol. The first-order valence-corrected chi connectivity index (χ1v) is 21.8. The number of carbonyl (C=O) groups excluding carboxylic acids is 1. The number of allylic oxidation sites excluding steroid dienone is 5. The molecule has 1 amide bonds. The van der Waals surface area contributed by atoms with Gasteiger partial charge in [-0.2, -0.15) is 8.42 Å². The standard InChI is InChI=1S/C41H77NO5S/c1-3-5-7-9-11-13-15-17-19-20-21-23-25-27-29-31-33-35-37-41(44)42-39(38-48(45,46)47)40(43)36-34-32-30-28-26-24-22-18-16-14-12-10-8-6-4-2/h13,15,19-20,34,36,39-40,43H,3-12,14,16-18,21-33,35,37-38H2,1-2H3,(H,42,44)(H,45,46,47)/b15-13-,20-19-,36-34+. The van der Waals surface area contributed by atoms with Crippen molar-refractivity contribution < 1.29 is 22.9 Å². The van der Waals surface area contributed by atoms with Gasteiger partial charge in [-0.1, -0.05) is 179 Å². The lowest BCUT2D eigenvalue weighted by atomic mass is 10.0. The summed E-state index contributed by atoms with van der Waals surface area (Å²) in [5.41, 5.74) is 0. The zero-order valence-electron chi connectivity index (χ0n) is 31.4. The number of aliphatic hydroxyl groups is 1. The van der Waals surface area contributed by atoms with E-state index in [9.17, 15) is 22.9 Å². The van der Waals surface area contributed by atoms with Crippen LogP contribution in [0.1, 0.15) is 200 Å². The van der Waals surface area contributed by atoms with E-state index in [1.807, 2.05) is 6.08 Å². The van der Waals surface area contributed by atoms with Gasteiger partial charge < -0.3 is 10.4 Å². The maximum atomic E-state index is 12.5. The molecule has 0 aromatic rings. The summed E-state index contributed by atoms with van der Waals surface area (Å²) < 4.78 is 32.4. The van der Waals surface area contributed by atoms with Gasteiger partial charge >= 0.3 is 0 Å². The fourth-order valence-electron chi connectivity index (χ4n) is 6.01. The maximum Gasteiger partial charge on any atom is 0.267 e. The van der Waals surface area contributed by atoms with Crippen molar-refractivity contribution in [2.45, 2.75) is 212 Å². The number of rotatable bonds is 36. The Labute approximate surface area is 297 Å². The molecule has 48 heavy (non-hydrogen) atoms. The highest BCUT2D eigenvalue weighted by molar-refractivity contribution is 7.85. The smallest absolute Gasteiger partial charge is 0.267 e. The average molecular weight is 696 g/mol. The molecule has 7 heteroatoms. The molecule has 3 N–H and O–H groups in total. The van der Waals surface area contributed by atoms with E-state index in [0.717, 1.165) is 57.8 Å². The summed E-state index contributed by atoms with van der Waals surface area (Å²) in [6.07, 6.45) is 45.5. The van der Waals surface area contributed by atoms with Crippen molar-refractivity contribution in [3.05, 3.63) is 36.5 Å². The first-order chi connectivity index (χ1) is 23.3. The van der Waals surface area contributed by atoms with Gasteiger partial charge in [-0.25, -0.2) is 0 Å². The van der Waals surface area contributed by atoms with E-state index in [1.165, 1.54) is 122 Å². The molecule has 0 aliphatic heterocycles. The molecule has 0 heterocycles. The third kappa shape index (κ3) is 35.9. The Hall–Kier alpha value is -1.44. The Morgan fingerprint density at radius 1 is 0.562 bits per heavy atom. The third-order valence-electron chi connectivity index (χ3n) is 9.06. The second-order valence-electron chi connectivity index (χ2n) is 13.9. The molecule has 0 radical (unpaired) electrons. The molecule has 0 aromatic heterocycles. The molecule has 0 fully saturated rings. The van der Waals surface area contributed by atoms with Crippen LogP contribution in [0.4, 0.5) is 0 Å². The van der Waals surface area contributed by atoms with Gasteiger partial charge in [0.05, 0.1) is 17.9 Å². The van der Waals surface area contributed by atoms with Gasteiger partial charge in [0.25, 0.3) is 10.1 Å². The minimum absolute atomic E-state index is 0.286. The van der Waals surface area contributed by atoms with Crippen LogP contribution in [0.3, 0.4) is 0 Å². The normalized spacial score (nSPS) is 13.7. The molecule has 6 nitrogen and oxygen atoms in total. The van der Waals surface area contributed by atoms with Gasteiger partial charge in [0.1, 0.15) is 0 Å². The predicted octanol–water partition coefficient (Wildman–Crippen LogP) is 11.7. The molecule has 0 aliphatic rings. The van der Waals surface area contributed by atoms with E-state index in [0.29, 0.717) is 0 Å². The van der Waals surface area contributed by atoms with E-state index in [4.69, 9.17) is 0 Å². The second-order valence-corrected chi connectivity index (χ2v) is 15.4. The van der Waals surface area contributed by atoms with Gasteiger partial charge in [-0.05, 0) is 51.4 Å². The second kappa shape index (κ2) is 35.4. The van der Waals surface area contributed by atoms with Crippen LogP contribution in [0, 0.1) is 0 Å². The van der Waals surface area contributed by atoms with Crippen molar-refractivity contribution in [2.24, 2.45) is 0 Å². The summed E-state index contributed by atoms with van der Waals surface area (Å²) >= 11 is 0. The lowest BCUT2D eigenvalue weighted by Gasteiger charge is -2.21. The van der Waals surface area contributed by atoms with E-state index < -0.39 is 28.0 Å². The number of hydrogen-bond donors (Lipinski definition) is 3. The van der Waals surface area contributed by atoms with Crippen LogP contribution in [0.25, 0.3) is 0 Å². The zero-order chi connectivity index (χ0) is 35.4. The van der Waals surface area contributed by atoms with E-state index >= 15 is 0 Å². The van der Waals surface area contributed by atoms with Crippen LogP contribution >= 0.6 is 0 Å². The highest BCUT2D eigenvalue weighted by atomic mass is 32.2. The average Bonchev–Trinajstić information content (AvgIpc) is 3.05. The number of amides is 1. The van der Waals surface area contributed by atoms with Crippen LogP contribution < -0.4 is 5.32 Å².